The molecule has 2 aromatic carbocycles. The largest absolute Gasteiger partial charge is 0.381 e. The van der Waals surface area contributed by atoms with Crippen LogP contribution in [0.1, 0.15) is 29.8 Å². The van der Waals surface area contributed by atoms with Crippen LogP contribution in [0.2, 0.25) is 0 Å². The summed E-state index contributed by atoms with van der Waals surface area (Å²) in [6.45, 7) is 1.40. The number of anilines is 1. The predicted octanol–water partition coefficient (Wildman–Crippen LogP) is 4.97. The molecule has 1 aliphatic rings. The van der Waals surface area contributed by atoms with Gasteiger partial charge < -0.3 is 9.88 Å². The lowest BCUT2D eigenvalue weighted by Crippen LogP contribution is -2.08. The Kier molecular flexibility index (Phi) is 4.51. The maximum atomic E-state index is 12.5. The molecular formula is C21H22FN3. The zero-order valence-corrected chi connectivity index (χ0v) is 14.2. The molecule has 0 amide bonds. The number of alkyl halides is 1. The highest BCUT2D eigenvalue weighted by Crippen LogP contribution is 2.24. The molecule has 3 nitrogen and oxygen atoms in total. The van der Waals surface area contributed by atoms with Gasteiger partial charge in [0.05, 0.1) is 5.69 Å². The van der Waals surface area contributed by atoms with E-state index in [2.05, 4.69) is 40.3 Å². The van der Waals surface area contributed by atoms with Gasteiger partial charge in [-0.05, 0) is 36.1 Å². The van der Waals surface area contributed by atoms with E-state index in [4.69, 9.17) is 4.98 Å². The summed E-state index contributed by atoms with van der Waals surface area (Å²) in [4.78, 5) is 4.77. The Bertz CT molecular complexity index is 811. The van der Waals surface area contributed by atoms with Crippen molar-refractivity contribution in [2.24, 2.45) is 0 Å². The fraction of sp³-hybridized carbons (Fsp3) is 0.286. The number of hydrogen-bond acceptors (Lipinski definition) is 2. The van der Waals surface area contributed by atoms with Crippen LogP contribution in [0.5, 0.6) is 0 Å². The van der Waals surface area contributed by atoms with Crippen molar-refractivity contribution >= 4 is 5.69 Å². The summed E-state index contributed by atoms with van der Waals surface area (Å²) in [5.41, 5.74) is 5.14. The van der Waals surface area contributed by atoms with Gasteiger partial charge in [0.15, 0.2) is 0 Å². The molecule has 0 bridgehead atoms. The topological polar surface area (TPSA) is 29.9 Å². The summed E-state index contributed by atoms with van der Waals surface area (Å²) in [6.07, 6.45) is 5.74. The number of rotatable bonds is 5. The van der Waals surface area contributed by atoms with Crippen LogP contribution in [0.15, 0.2) is 54.7 Å². The Hall–Kier alpha value is -2.62. The van der Waals surface area contributed by atoms with Gasteiger partial charge in [0, 0.05) is 37.0 Å². The number of aryl methyl sites for hydroxylation is 2. The maximum Gasteiger partial charge on any atom is 0.115 e. The molecule has 4 rings (SSSR count). The minimum atomic E-state index is -0.410. The third-order valence-corrected chi connectivity index (χ3v) is 4.76. The Balaban J connectivity index is 1.42. The van der Waals surface area contributed by atoms with Crippen molar-refractivity contribution in [1.82, 2.24) is 9.55 Å². The summed E-state index contributed by atoms with van der Waals surface area (Å²) in [5, 5.41) is 3.41. The highest BCUT2D eigenvalue weighted by atomic mass is 19.1. The van der Waals surface area contributed by atoms with E-state index in [0.717, 1.165) is 47.6 Å². The van der Waals surface area contributed by atoms with E-state index in [1.807, 2.05) is 24.3 Å². The Morgan fingerprint density at radius 1 is 0.960 bits per heavy atom. The number of aromatic nitrogens is 2. The van der Waals surface area contributed by atoms with Crippen LogP contribution in [0.4, 0.5) is 10.1 Å². The van der Waals surface area contributed by atoms with Crippen LogP contribution in [-0.4, -0.2) is 9.55 Å². The number of halogens is 1. The molecule has 1 N–H and O–H groups in total. The van der Waals surface area contributed by atoms with Crippen LogP contribution < -0.4 is 5.32 Å². The smallest absolute Gasteiger partial charge is 0.115 e. The third kappa shape index (κ3) is 3.58. The molecule has 3 aromatic rings. The summed E-state index contributed by atoms with van der Waals surface area (Å²) in [5.74, 6) is 1.21. The van der Waals surface area contributed by atoms with E-state index in [-0.39, 0.29) is 0 Å². The molecule has 1 aliphatic heterocycles. The fourth-order valence-electron chi connectivity index (χ4n) is 3.26. The average molecular weight is 335 g/mol. The maximum absolute atomic E-state index is 12.5. The van der Waals surface area contributed by atoms with Gasteiger partial charge in [-0.3, -0.25) is 0 Å². The molecule has 0 fully saturated rings. The minimum Gasteiger partial charge on any atom is -0.381 e. The van der Waals surface area contributed by atoms with Crippen molar-refractivity contribution in [3.63, 3.8) is 0 Å². The normalized spacial score (nSPS) is 13.5. The predicted molar refractivity (Wildman–Crippen MR) is 99.2 cm³/mol. The number of imidazole rings is 1. The van der Waals surface area contributed by atoms with Gasteiger partial charge in [0.25, 0.3) is 0 Å². The Morgan fingerprint density at radius 2 is 1.72 bits per heavy atom. The molecule has 0 unspecified atom stereocenters. The molecule has 2 heterocycles. The second kappa shape index (κ2) is 7.09. The zero-order valence-electron chi connectivity index (χ0n) is 14.2. The molecule has 0 saturated carbocycles. The van der Waals surface area contributed by atoms with Gasteiger partial charge in [0.2, 0.25) is 0 Å². The van der Waals surface area contributed by atoms with E-state index in [1.165, 1.54) is 18.7 Å². The molecule has 25 heavy (non-hydrogen) atoms. The van der Waals surface area contributed by atoms with E-state index >= 15 is 0 Å². The number of fused-ring (bicyclic) bond motifs is 1. The first-order chi connectivity index (χ1) is 12.3. The molecule has 0 atom stereocenters. The van der Waals surface area contributed by atoms with Gasteiger partial charge in [0.1, 0.15) is 12.5 Å². The lowest BCUT2D eigenvalue weighted by Gasteiger charge is -2.11. The van der Waals surface area contributed by atoms with Crippen molar-refractivity contribution in [3.8, 4) is 11.3 Å². The zero-order chi connectivity index (χ0) is 17.1. The highest BCUT2D eigenvalue weighted by molar-refractivity contribution is 5.62. The monoisotopic (exact) mass is 335 g/mol. The molecular weight excluding hydrogens is 313 g/mol. The molecule has 1 aromatic heterocycles. The van der Waals surface area contributed by atoms with Crippen molar-refractivity contribution in [1.29, 1.82) is 0 Å². The third-order valence-electron chi connectivity index (χ3n) is 4.76. The quantitative estimate of drug-likeness (QED) is 0.713. The van der Waals surface area contributed by atoms with E-state index in [1.54, 1.807) is 0 Å². The number of benzene rings is 2. The average Bonchev–Trinajstić information content (AvgIpc) is 3.11. The van der Waals surface area contributed by atoms with E-state index in [0.29, 0.717) is 0 Å². The standard InChI is InChI=1S/C21H22FN3/c22-13-16-4-6-17(7-5-16)14-23-19-10-8-18(9-11-19)20-15-25-12-2-1-3-21(25)24-20/h4-11,15,23H,1-3,12-14H2. The summed E-state index contributed by atoms with van der Waals surface area (Å²) in [7, 11) is 0. The van der Waals surface area contributed by atoms with Gasteiger partial charge in [-0.25, -0.2) is 9.37 Å². The number of hydrogen-bond donors (Lipinski definition) is 1. The second-order valence-corrected chi connectivity index (χ2v) is 6.57. The second-order valence-electron chi connectivity index (χ2n) is 6.57. The molecule has 128 valence electrons. The van der Waals surface area contributed by atoms with Crippen LogP contribution in [-0.2, 0) is 26.2 Å². The van der Waals surface area contributed by atoms with Crippen LogP contribution in [0.25, 0.3) is 11.3 Å². The van der Waals surface area contributed by atoms with Crippen molar-refractivity contribution in [2.75, 3.05) is 5.32 Å². The first kappa shape index (κ1) is 15.9. The highest BCUT2D eigenvalue weighted by Gasteiger charge is 2.13. The van der Waals surface area contributed by atoms with Crippen LogP contribution in [0.3, 0.4) is 0 Å². The molecule has 0 saturated heterocycles. The van der Waals surface area contributed by atoms with Crippen molar-refractivity contribution in [3.05, 3.63) is 71.7 Å². The van der Waals surface area contributed by atoms with Gasteiger partial charge in [-0.15, -0.1) is 0 Å². The first-order valence-corrected chi connectivity index (χ1v) is 8.86. The van der Waals surface area contributed by atoms with E-state index in [9.17, 15) is 4.39 Å². The number of nitrogens with zero attached hydrogens (tertiary/aromatic N) is 2. The molecule has 0 spiro atoms. The summed E-state index contributed by atoms with van der Waals surface area (Å²) in [6, 6.07) is 16.0. The lowest BCUT2D eigenvalue weighted by molar-refractivity contribution is 0.485. The van der Waals surface area contributed by atoms with Gasteiger partial charge in [-0.2, -0.15) is 0 Å². The SMILES string of the molecule is FCc1ccc(CNc2ccc(-c3cn4c(n3)CCCC4)cc2)cc1. The van der Waals surface area contributed by atoms with Gasteiger partial charge in [-0.1, -0.05) is 36.4 Å². The fourth-order valence-corrected chi connectivity index (χ4v) is 3.26. The van der Waals surface area contributed by atoms with E-state index < -0.39 is 6.67 Å². The first-order valence-electron chi connectivity index (χ1n) is 8.86. The number of nitrogens with one attached hydrogen (secondary N) is 1. The van der Waals surface area contributed by atoms with Gasteiger partial charge >= 0.3 is 0 Å². The lowest BCUT2D eigenvalue weighted by atomic mass is 10.1. The summed E-state index contributed by atoms with van der Waals surface area (Å²) >= 11 is 0. The van der Waals surface area contributed by atoms with Crippen molar-refractivity contribution in [2.45, 2.75) is 39.0 Å². The van der Waals surface area contributed by atoms with Crippen LogP contribution in [0, 0.1) is 0 Å². The Morgan fingerprint density at radius 3 is 2.44 bits per heavy atom. The molecule has 0 radical (unpaired) electrons. The van der Waals surface area contributed by atoms with Crippen molar-refractivity contribution < 1.29 is 4.39 Å². The Labute approximate surface area is 147 Å². The summed E-state index contributed by atoms with van der Waals surface area (Å²) < 4.78 is 14.8. The minimum absolute atomic E-state index is 0.410. The molecule has 0 aliphatic carbocycles. The molecule has 4 heteroatoms. The van der Waals surface area contributed by atoms with Crippen LogP contribution >= 0.6 is 0 Å².